The third-order valence-electron chi connectivity index (χ3n) is 3.49. The molecule has 4 amide bonds. The first kappa shape index (κ1) is 20.3. The van der Waals surface area contributed by atoms with Crippen LogP contribution in [0.5, 0.6) is 0 Å². The SMILES string of the molecule is CNC(=O)Nc1ccc(NC(=O)C(C)Sc2ccc(NC(C)=O)cc2)cc1. The summed E-state index contributed by atoms with van der Waals surface area (Å²) in [5, 5.41) is 10.4. The zero-order valence-corrected chi connectivity index (χ0v) is 16.1. The highest BCUT2D eigenvalue weighted by Gasteiger charge is 2.14. The number of carbonyl (C=O) groups excluding carboxylic acids is 3. The van der Waals surface area contributed by atoms with Gasteiger partial charge in [-0.15, -0.1) is 11.8 Å². The largest absolute Gasteiger partial charge is 0.341 e. The molecule has 2 aromatic rings. The lowest BCUT2D eigenvalue weighted by Crippen LogP contribution is -2.24. The molecule has 0 aliphatic heterocycles. The molecule has 1 unspecified atom stereocenters. The van der Waals surface area contributed by atoms with Gasteiger partial charge in [0, 0.05) is 35.9 Å². The summed E-state index contributed by atoms with van der Waals surface area (Å²) in [6, 6.07) is 13.9. The Labute approximate surface area is 162 Å². The first-order chi connectivity index (χ1) is 12.9. The van der Waals surface area contributed by atoms with E-state index in [4.69, 9.17) is 0 Å². The Hall–Kier alpha value is -3.00. The Morgan fingerprint density at radius 3 is 1.81 bits per heavy atom. The van der Waals surface area contributed by atoms with Crippen molar-refractivity contribution in [3.63, 3.8) is 0 Å². The van der Waals surface area contributed by atoms with Crippen molar-refractivity contribution in [2.75, 3.05) is 23.0 Å². The maximum Gasteiger partial charge on any atom is 0.318 e. The van der Waals surface area contributed by atoms with Gasteiger partial charge in [0.15, 0.2) is 0 Å². The van der Waals surface area contributed by atoms with Crippen molar-refractivity contribution in [2.45, 2.75) is 24.0 Å². The molecular weight excluding hydrogens is 364 g/mol. The van der Waals surface area contributed by atoms with Gasteiger partial charge in [0.05, 0.1) is 5.25 Å². The molecule has 0 heterocycles. The van der Waals surface area contributed by atoms with E-state index in [1.54, 1.807) is 36.4 Å². The molecule has 142 valence electrons. The summed E-state index contributed by atoms with van der Waals surface area (Å²) in [6.45, 7) is 3.28. The molecule has 0 aromatic heterocycles. The van der Waals surface area contributed by atoms with Gasteiger partial charge >= 0.3 is 6.03 Å². The van der Waals surface area contributed by atoms with Crippen molar-refractivity contribution >= 4 is 46.7 Å². The topological polar surface area (TPSA) is 99.3 Å². The molecule has 7 nitrogen and oxygen atoms in total. The summed E-state index contributed by atoms with van der Waals surface area (Å²) in [4.78, 5) is 35.6. The van der Waals surface area contributed by atoms with E-state index in [9.17, 15) is 14.4 Å². The van der Waals surface area contributed by atoms with E-state index in [0.29, 0.717) is 11.4 Å². The van der Waals surface area contributed by atoms with Crippen LogP contribution in [-0.2, 0) is 9.59 Å². The molecule has 4 N–H and O–H groups in total. The van der Waals surface area contributed by atoms with Crippen molar-refractivity contribution in [1.29, 1.82) is 0 Å². The highest BCUT2D eigenvalue weighted by atomic mass is 32.2. The van der Waals surface area contributed by atoms with Gasteiger partial charge in [0.25, 0.3) is 0 Å². The Bertz CT molecular complexity index is 807. The third kappa shape index (κ3) is 6.67. The molecule has 1 atom stereocenters. The predicted molar refractivity (Wildman–Crippen MR) is 109 cm³/mol. The van der Waals surface area contributed by atoms with E-state index in [0.717, 1.165) is 10.6 Å². The summed E-state index contributed by atoms with van der Waals surface area (Å²) < 4.78 is 0. The van der Waals surface area contributed by atoms with Crippen LogP contribution in [0.2, 0.25) is 0 Å². The number of rotatable bonds is 6. The van der Waals surface area contributed by atoms with Crippen molar-refractivity contribution in [3.05, 3.63) is 48.5 Å². The van der Waals surface area contributed by atoms with Crippen LogP contribution in [-0.4, -0.2) is 30.1 Å². The van der Waals surface area contributed by atoms with E-state index in [2.05, 4.69) is 21.3 Å². The van der Waals surface area contributed by atoms with E-state index in [1.165, 1.54) is 25.7 Å². The van der Waals surface area contributed by atoms with E-state index < -0.39 is 0 Å². The highest BCUT2D eigenvalue weighted by Crippen LogP contribution is 2.26. The molecule has 27 heavy (non-hydrogen) atoms. The molecule has 2 aromatic carbocycles. The smallest absolute Gasteiger partial charge is 0.318 e. The standard InChI is InChI=1S/C19H22N4O3S/c1-12(27-17-10-8-14(9-11-17)21-13(2)24)18(25)22-15-4-6-16(7-5-15)23-19(26)20-3/h4-12H,1-3H3,(H,21,24)(H,22,25)(H2,20,23,26). The molecular formula is C19H22N4O3S. The predicted octanol–water partition coefficient (Wildman–Crippen LogP) is 3.52. The second-order valence-electron chi connectivity index (χ2n) is 5.74. The van der Waals surface area contributed by atoms with Crippen LogP contribution in [0.1, 0.15) is 13.8 Å². The van der Waals surface area contributed by atoms with Gasteiger partial charge in [-0.2, -0.15) is 0 Å². The highest BCUT2D eigenvalue weighted by molar-refractivity contribution is 8.00. The van der Waals surface area contributed by atoms with Crippen molar-refractivity contribution in [3.8, 4) is 0 Å². The zero-order chi connectivity index (χ0) is 19.8. The fraction of sp³-hybridized carbons (Fsp3) is 0.211. The number of urea groups is 1. The number of thioether (sulfide) groups is 1. The first-order valence-electron chi connectivity index (χ1n) is 8.31. The van der Waals surface area contributed by atoms with Gasteiger partial charge in [-0.3, -0.25) is 9.59 Å². The molecule has 0 aliphatic rings. The molecule has 0 saturated carbocycles. The van der Waals surface area contributed by atoms with Gasteiger partial charge in [-0.25, -0.2) is 4.79 Å². The molecule has 0 radical (unpaired) electrons. The molecule has 2 rings (SSSR count). The molecule has 0 spiro atoms. The maximum atomic E-state index is 12.4. The van der Waals surface area contributed by atoms with Crippen LogP contribution >= 0.6 is 11.8 Å². The van der Waals surface area contributed by atoms with Crippen LogP contribution in [0, 0.1) is 0 Å². The Morgan fingerprint density at radius 2 is 1.30 bits per heavy atom. The number of anilines is 3. The number of benzene rings is 2. The molecule has 0 saturated heterocycles. The fourth-order valence-corrected chi connectivity index (χ4v) is 3.02. The van der Waals surface area contributed by atoms with Crippen molar-refractivity contribution in [1.82, 2.24) is 5.32 Å². The summed E-state index contributed by atoms with van der Waals surface area (Å²) in [6.07, 6.45) is 0. The van der Waals surface area contributed by atoms with Crippen molar-refractivity contribution < 1.29 is 14.4 Å². The minimum atomic E-state index is -0.305. The van der Waals surface area contributed by atoms with Crippen LogP contribution in [0.3, 0.4) is 0 Å². The lowest BCUT2D eigenvalue weighted by Gasteiger charge is -2.13. The molecule has 0 bridgehead atoms. The maximum absolute atomic E-state index is 12.4. The van der Waals surface area contributed by atoms with Crippen LogP contribution in [0.4, 0.5) is 21.9 Å². The van der Waals surface area contributed by atoms with Gasteiger partial charge in [-0.05, 0) is 55.5 Å². The number of nitrogens with one attached hydrogen (secondary N) is 4. The van der Waals surface area contributed by atoms with Gasteiger partial charge < -0.3 is 21.3 Å². The van der Waals surface area contributed by atoms with Crippen molar-refractivity contribution in [2.24, 2.45) is 0 Å². The summed E-state index contributed by atoms with van der Waals surface area (Å²) in [5.41, 5.74) is 2.00. The molecule has 8 heteroatoms. The summed E-state index contributed by atoms with van der Waals surface area (Å²) in [7, 11) is 1.54. The molecule has 0 aliphatic carbocycles. The Morgan fingerprint density at radius 1 is 0.815 bits per heavy atom. The second-order valence-corrected chi connectivity index (χ2v) is 7.15. The fourth-order valence-electron chi connectivity index (χ4n) is 2.15. The van der Waals surface area contributed by atoms with E-state index >= 15 is 0 Å². The summed E-state index contributed by atoms with van der Waals surface area (Å²) in [5.74, 6) is -0.252. The number of hydrogen-bond acceptors (Lipinski definition) is 4. The Balaban J connectivity index is 1.89. The molecule has 0 fully saturated rings. The average Bonchev–Trinajstić information content (AvgIpc) is 2.64. The number of carbonyl (C=O) groups is 3. The quantitative estimate of drug-likeness (QED) is 0.571. The first-order valence-corrected chi connectivity index (χ1v) is 9.19. The van der Waals surface area contributed by atoms with Crippen LogP contribution in [0.15, 0.2) is 53.4 Å². The zero-order valence-electron chi connectivity index (χ0n) is 15.3. The second kappa shape index (κ2) is 9.63. The third-order valence-corrected chi connectivity index (χ3v) is 4.61. The van der Waals surface area contributed by atoms with Crippen LogP contribution < -0.4 is 21.3 Å². The van der Waals surface area contributed by atoms with E-state index in [1.807, 2.05) is 19.1 Å². The van der Waals surface area contributed by atoms with Gasteiger partial charge in [-0.1, -0.05) is 0 Å². The average molecular weight is 386 g/mol. The van der Waals surface area contributed by atoms with Gasteiger partial charge in [0.1, 0.15) is 0 Å². The normalized spacial score (nSPS) is 11.2. The lowest BCUT2D eigenvalue weighted by atomic mass is 10.2. The lowest BCUT2D eigenvalue weighted by molar-refractivity contribution is -0.115. The van der Waals surface area contributed by atoms with E-state index in [-0.39, 0.29) is 23.1 Å². The minimum Gasteiger partial charge on any atom is -0.341 e. The van der Waals surface area contributed by atoms with Crippen LogP contribution in [0.25, 0.3) is 0 Å². The minimum absolute atomic E-state index is 0.125. The number of hydrogen-bond donors (Lipinski definition) is 4. The Kier molecular flexibility index (Phi) is 7.25. The summed E-state index contributed by atoms with van der Waals surface area (Å²) >= 11 is 1.42. The monoisotopic (exact) mass is 386 g/mol. The number of amides is 4. The van der Waals surface area contributed by atoms with Gasteiger partial charge in [0.2, 0.25) is 11.8 Å².